The quantitative estimate of drug-likeness (QED) is 0.748. The van der Waals surface area contributed by atoms with Crippen LogP contribution in [0.25, 0.3) is 0 Å². The van der Waals surface area contributed by atoms with Gasteiger partial charge in [0.1, 0.15) is 23.5 Å². The fraction of sp³-hybridized carbons (Fsp3) is 0.409. The van der Waals surface area contributed by atoms with Crippen LogP contribution in [0, 0.1) is 0 Å². The van der Waals surface area contributed by atoms with Crippen molar-refractivity contribution in [2.75, 3.05) is 19.7 Å². The van der Waals surface area contributed by atoms with Gasteiger partial charge in [0.25, 0.3) is 11.8 Å². The van der Waals surface area contributed by atoms with E-state index in [0.29, 0.717) is 11.3 Å². The van der Waals surface area contributed by atoms with E-state index in [1.165, 1.54) is 0 Å². The van der Waals surface area contributed by atoms with Gasteiger partial charge in [0.05, 0.1) is 13.2 Å². The number of nitrogens with zero attached hydrogens (tertiary/aromatic N) is 1. The zero-order valence-electron chi connectivity index (χ0n) is 17.0. The van der Waals surface area contributed by atoms with Crippen LogP contribution >= 0.6 is 0 Å². The molecule has 3 heterocycles. The molecule has 0 saturated carbocycles. The van der Waals surface area contributed by atoms with E-state index < -0.39 is 23.6 Å². The highest BCUT2D eigenvalue weighted by atomic mass is 16.8. The van der Waals surface area contributed by atoms with Gasteiger partial charge in [-0.3, -0.25) is 14.6 Å². The van der Waals surface area contributed by atoms with Crippen molar-refractivity contribution in [1.29, 1.82) is 0 Å². The maximum atomic E-state index is 12.5. The molecule has 8 heteroatoms. The van der Waals surface area contributed by atoms with Crippen molar-refractivity contribution in [1.82, 2.24) is 15.6 Å². The third-order valence-corrected chi connectivity index (χ3v) is 5.20. The number of carbonyl (C=O) groups excluding carboxylic acids is 2. The summed E-state index contributed by atoms with van der Waals surface area (Å²) in [5.74, 6) is -1.30. The van der Waals surface area contributed by atoms with E-state index in [0.717, 1.165) is 0 Å². The molecule has 0 aliphatic carbocycles. The summed E-state index contributed by atoms with van der Waals surface area (Å²) in [5.41, 5.74) is 0.0800. The average Bonchev–Trinajstić information content (AvgIpc) is 3.21. The Hall–Kier alpha value is -2.81. The lowest BCUT2D eigenvalue weighted by molar-refractivity contribution is -0.188. The van der Waals surface area contributed by atoms with Gasteiger partial charge in [0.15, 0.2) is 5.79 Å². The number of fused-ring (bicyclic) bond motifs is 1. The molecule has 1 aromatic carbocycles. The van der Waals surface area contributed by atoms with Crippen molar-refractivity contribution in [2.45, 2.75) is 37.4 Å². The first-order chi connectivity index (χ1) is 14.4. The van der Waals surface area contributed by atoms with Crippen molar-refractivity contribution in [3.05, 3.63) is 66.0 Å². The normalized spacial score (nSPS) is 26.7. The van der Waals surface area contributed by atoms with Crippen LogP contribution in [0.1, 0.15) is 34.7 Å². The first-order valence-electron chi connectivity index (χ1n) is 9.91. The van der Waals surface area contributed by atoms with E-state index in [-0.39, 0.29) is 31.5 Å². The summed E-state index contributed by atoms with van der Waals surface area (Å²) in [6.45, 7) is 4.39. The molecule has 0 unspecified atom stereocenters. The van der Waals surface area contributed by atoms with Gasteiger partial charge in [-0.1, -0.05) is 24.3 Å². The number of rotatable bonds is 6. The Kier molecular flexibility index (Phi) is 5.55. The third-order valence-electron chi connectivity index (χ3n) is 5.20. The van der Waals surface area contributed by atoms with Crippen molar-refractivity contribution in [3.8, 4) is 0 Å². The van der Waals surface area contributed by atoms with Gasteiger partial charge < -0.3 is 24.8 Å². The van der Waals surface area contributed by atoms with Crippen LogP contribution in [0.2, 0.25) is 0 Å². The Morgan fingerprint density at radius 3 is 2.57 bits per heavy atom. The highest BCUT2D eigenvalue weighted by molar-refractivity contribution is 5.94. The fourth-order valence-electron chi connectivity index (χ4n) is 3.90. The molecular weight excluding hydrogens is 386 g/mol. The number of aromatic nitrogens is 1. The van der Waals surface area contributed by atoms with Crippen LogP contribution < -0.4 is 10.6 Å². The van der Waals surface area contributed by atoms with Gasteiger partial charge in [0, 0.05) is 18.3 Å². The van der Waals surface area contributed by atoms with E-state index in [1.807, 2.05) is 32.0 Å². The minimum Gasteiger partial charge on any atom is -0.370 e. The van der Waals surface area contributed by atoms with E-state index in [4.69, 9.17) is 14.2 Å². The van der Waals surface area contributed by atoms with Gasteiger partial charge in [-0.05, 0) is 38.1 Å². The summed E-state index contributed by atoms with van der Waals surface area (Å²) in [6.07, 6.45) is 0.721. The SMILES string of the molecule is CC1(C)O[C@@H]2[C@@H](CNC(=O)c3ccccn3)OC[C@]2(CNC(=O)c2ccccc2)O1. The molecule has 2 aromatic rings. The molecule has 0 radical (unpaired) electrons. The van der Waals surface area contributed by atoms with Crippen molar-refractivity contribution >= 4 is 11.8 Å². The van der Waals surface area contributed by atoms with E-state index in [1.54, 1.807) is 36.5 Å². The lowest BCUT2D eigenvalue weighted by Crippen LogP contribution is -2.52. The van der Waals surface area contributed by atoms with Gasteiger partial charge in [-0.15, -0.1) is 0 Å². The molecule has 0 spiro atoms. The van der Waals surface area contributed by atoms with Crippen molar-refractivity contribution in [2.24, 2.45) is 0 Å². The number of amides is 2. The Balaban J connectivity index is 1.41. The average molecular weight is 411 g/mol. The van der Waals surface area contributed by atoms with Crippen LogP contribution in [-0.4, -0.2) is 60.1 Å². The first kappa shape index (κ1) is 20.5. The van der Waals surface area contributed by atoms with Crippen molar-refractivity contribution in [3.63, 3.8) is 0 Å². The molecule has 2 aliphatic heterocycles. The predicted molar refractivity (Wildman–Crippen MR) is 108 cm³/mol. The second kappa shape index (κ2) is 8.14. The first-order valence-corrected chi connectivity index (χ1v) is 9.91. The molecular formula is C22H25N3O5. The smallest absolute Gasteiger partial charge is 0.269 e. The van der Waals surface area contributed by atoms with E-state index in [9.17, 15) is 9.59 Å². The molecule has 2 amide bonds. The minimum absolute atomic E-state index is 0.191. The number of ether oxygens (including phenoxy) is 3. The highest BCUT2D eigenvalue weighted by Gasteiger charge is 2.61. The number of hydrogen-bond donors (Lipinski definition) is 2. The summed E-state index contributed by atoms with van der Waals surface area (Å²) in [6, 6.07) is 14.1. The second-order valence-corrected chi connectivity index (χ2v) is 7.93. The Labute approximate surface area is 174 Å². The number of carbonyl (C=O) groups is 2. The summed E-state index contributed by atoms with van der Waals surface area (Å²) >= 11 is 0. The molecule has 3 atom stereocenters. The Morgan fingerprint density at radius 2 is 1.83 bits per heavy atom. The predicted octanol–water partition coefficient (Wildman–Crippen LogP) is 1.53. The number of hydrogen-bond acceptors (Lipinski definition) is 6. The lowest BCUT2D eigenvalue weighted by Gasteiger charge is -2.27. The Morgan fingerprint density at radius 1 is 1.07 bits per heavy atom. The molecule has 2 saturated heterocycles. The van der Waals surface area contributed by atoms with Crippen molar-refractivity contribution < 1.29 is 23.8 Å². The largest absolute Gasteiger partial charge is 0.370 e. The second-order valence-electron chi connectivity index (χ2n) is 7.93. The minimum atomic E-state index is -0.825. The molecule has 4 rings (SSSR count). The topological polar surface area (TPSA) is 98.8 Å². The summed E-state index contributed by atoms with van der Waals surface area (Å²) in [7, 11) is 0. The van der Waals surface area contributed by atoms with Crippen LogP contribution in [0.15, 0.2) is 54.7 Å². The molecule has 1 aromatic heterocycles. The van der Waals surface area contributed by atoms with E-state index in [2.05, 4.69) is 15.6 Å². The molecule has 158 valence electrons. The van der Waals surface area contributed by atoms with Gasteiger partial charge >= 0.3 is 0 Å². The third kappa shape index (κ3) is 4.21. The standard InChI is InChI=1S/C22H25N3O5/c1-21(2)29-18-17(12-24-20(27)16-10-6-7-11-23-16)28-14-22(18,30-21)13-25-19(26)15-8-4-3-5-9-15/h3-11,17-18H,12-14H2,1-2H3,(H,24,27)(H,25,26)/t17-,18-,22+/m1/s1. The highest BCUT2D eigenvalue weighted by Crippen LogP contribution is 2.43. The van der Waals surface area contributed by atoms with Crippen LogP contribution in [0.5, 0.6) is 0 Å². The summed E-state index contributed by atoms with van der Waals surface area (Å²) < 4.78 is 18.2. The van der Waals surface area contributed by atoms with Gasteiger partial charge in [-0.2, -0.15) is 0 Å². The Bertz CT molecular complexity index is 906. The summed E-state index contributed by atoms with van der Waals surface area (Å²) in [5, 5.41) is 5.77. The molecule has 30 heavy (non-hydrogen) atoms. The lowest BCUT2D eigenvalue weighted by atomic mass is 9.96. The van der Waals surface area contributed by atoms with Gasteiger partial charge in [0.2, 0.25) is 0 Å². The molecule has 2 fully saturated rings. The monoisotopic (exact) mass is 411 g/mol. The number of benzene rings is 1. The molecule has 2 aliphatic rings. The molecule has 8 nitrogen and oxygen atoms in total. The van der Waals surface area contributed by atoms with Gasteiger partial charge in [-0.25, -0.2) is 0 Å². The van der Waals surface area contributed by atoms with Crippen LogP contribution in [0.4, 0.5) is 0 Å². The summed E-state index contributed by atoms with van der Waals surface area (Å²) in [4.78, 5) is 28.9. The zero-order chi connectivity index (χ0) is 21.2. The van der Waals surface area contributed by atoms with Crippen LogP contribution in [0.3, 0.4) is 0 Å². The maximum Gasteiger partial charge on any atom is 0.269 e. The molecule has 2 N–H and O–H groups in total. The van der Waals surface area contributed by atoms with E-state index >= 15 is 0 Å². The fourth-order valence-corrected chi connectivity index (χ4v) is 3.90. The number of nitrogens with one attached hydrogen (secondary N) is 2. The number of pyridine rings is 1. The van der Waals surface area contributed by atoms with Crippen LogP contribution in [-0.2, 0) is 14.2 Å². The molecule has 0 bridgehead atoms. The zero-order valence-corrected chi connectivity index (χ0v) is 17.0. The maximum absolute atomic E-state index is 12.5.